The van der Waals surface area contributed by atoms with Gasteiger partial charge in [0.1, 0.15) is 5.75 Å². The largest absolute Gasteiger partial charge is 0.494 e. The van der Waals surface area contributed by atoms with Crippen molar-refractivity contribution in [3.63, 3.8) is 0 Å². The van der Waals surface area contributed by atoms with E-state index in [1.54, 1.807) is 36.5 Å². The predicted octanol–water partition coefficient (Wildman–Crippen LogP) is 1.39. The summed E-state index contributed by atoms with van der Waals surface area (Å²) in [5.74, 6) is 0.348. The lowest BCUT2D eigenvalue weighted by Gasteiger charge is -2.08. The average Bonchev–Trinajstić information content (AvgIpc) is 2.45. The number of hydrogen-bond donors (Lipinski definition) is 2. The van der Waals surface area contributed by atoms with Crippen LogP contribution in [0.3, 0.4) is 0 Å². The summed E-state index contributed by atoms with van der Waals surface area (Å²) in [6, 6.07) is 8.50. The molecule has 0 saturated heterocycles. The molecule has 0 spiro atoms. The van der Waals surface area contributed by atoms with Gasteiger partial charge in [-0.15, -0.1) is 0 Å². The molecular weight excluding hydrogens is 256 g/mol. The average molecular weight is 272 g/mol. The quantitative estimate of drug-likeness (QED) is 0.803. The molecule has 1 aromatic heterocycles. The summed E-state index contributed by atoms with van der Waals surface area (Å²) < 4.78 is 5.36. The number of carbonyl (C=O) groups excluding carboxylic acids is 1. The van der Waals surface area contributed by atoms with Gasteiger partial charge in [-0.25, -0.2) is 0 Å². The van der Waals surface area contributed by atoms with Crippen LogP contribution in [0.2, 0.25) is 0 Å². The maximum atomic E-state index is 12.1. The van der Waals surface area contributed by atoms with Gasteiger partial charge in [-0.05, 0) is 31.2 Å². The monoisotopic (exact) mass is 272 g/mol. The van der Waals surface area contributed by atoms with Crippen LogP contribution in [0.15, 0.2) is 36.5 Å². The maximum Gasteiger partial charge on any atom is 0.251 e. The van der Waals surface area contributed by atoms with Crippen LogP contribution >= 0.6 is 0 Å². The topological polar surface area (TPSA) is 90.1 Å². The van der Waals surface area contributed by atoms with Gasteiger partial charge >= 0.3 is 0 Å². The highest BCUT2D eigenvalue weighted by Crippen LogP contribution is 2.18. The second-order valence-electron chi connectivity index (χ2n) is 4.12. The smallest absolute Gasteiger partial charge is 0.251 e. The predicted molar refractivity (Wildman–Crippen MR) is 75.2 cm³/mol. The number of nitrogens with two attached hydrogens (primary N) is 1. The van der Waals surface area contributed by atoms with E-state index < -0.39 is 0 Å². The molecule has 1 aromatic carbocycles. The van der Waals surface area contributed by atoms with Gasteiger partial charge in [0.25, 0.3) is 5.91 Å². The first-order valence-electron chi connectivity index (χ1n) is 6.27. The Hall–Kier alpha value is -2.63. The van der Waals surface area contributed by atoms with Crippen LogP contribution in [0.25, 0.3) is 0 Å². The molecule has 0 aliphatic rings. The van der Waals surface area contributed by atoms with E-state index in [4.69, 9.17) is 10.5 Å². The highest BCUT2D eigenvalue weighted by atomic mass is 16.5. The van der Waals surface area contributed by atoms with Crippen LogP contribution in [-0.4, -0.2) is 22.7 Å². The van der Waals surface area contributed by atoms with Crippen LogP contribution in [0, 0.1) is 0 Å². The van der Waals surface area contributed by atoms with Gasteiger partial charge in [0, 0.05) is 23.5 Å². The Morgan fingerprint density at radius 2 is 2.25 bits per heavy atom. The molecule has 3 N–H and O–H groups in total. The van der Waals surface area contributed by atoms with Crippen molar-refractivity contribution in [1.82, 2.24) is 15.5 Å². The van der Waals surface area contributed by atoms with Gasteiger partial charge in [0.15, 0.2) is 0 Å². The van der Waals surface area contributed by atoms with Crippen molar-refractivity contribution in [3.8, 4) is 5.75 Å². The Bertz CT molecular complexity index is 587. The molecule has 104 valence electrons. The first-order valence-corrected chi connectivity index (χ1v) is 6.27. The van der Waals surface area contributed by atoms with Crippen LogP contribution in [0.4, 0.5) is 5.69 Å². The Labute approximate surface area is 117 Å². The van der Waals surface area contributed by atoms with Gasteiger partial charge in [0.2, 0.25) is 0 Å². The van der Waals surface area contributed by atoms with E-state index in [0.717, 1.165) is 0 Å². The summed E-state index contributed by atoms with van der Waals surface area (Å²) in [6.07, 6.45) is 1.58. The molecule has 0 radical (unpaired) electrons. The summed E-state index contributed by atoms with van der Waals surface area (Å²) in [5.41, 5.74) is 7.38. The molecule has 0 atom stereocenters. The SMILES string of the molecule is CCOc1cc(N)cc(C(=O)NCc2cccnn2)c1. The number of aromatic nitrogens is 2. The van der Waals surface area contributed by atoms with Crippen molar-refractivity contribution >= 4 is 11.6 Å². The van der Waals surface area contributed by atoms with Crippen molar-refractivity contribution in [2.75, 3.05) is 12.3 Å². The second kappa shape index (κ2) is 6.51. The summed E-state index contributed by atoms with van der Waals surface area (Å²) in [7, 11) is 0. The van der Waals surface area contributed by atoms with Gasteiger partial charge < -0.3 is 15.8 Å². The van der Waals surface area contributed by atoms with Crippen LogP contribution in [0.5, 0.6) is 5.75 Å². The Balaban J connectivity index is 2.05. The minimum Gasteiger partial charge on any atom is -0.494 e. The molecule has 1 amide bonds. The van der Waals surface area contributed by atoms with Gasteiger partial charge in [-0.1, -0.05) is 0 Å². The highest BCUT2D eigenvalue weighted by molar-refractivity contribution is 5.95. The van der Waals surface area contributed by atoms with Gasteiger partial charge in [0.05, 0.1) is 18.8 Å². The van der Waals surface area contributed by atoms with Crippen molar-refractivity contribution in [2.24, 2.45) is 0 Å². The Morgan fingerprint density at radius 1 is 1.40 bits per heavy atom. The molecular formula is C14H16N4O2. The van der Waals surface area contributed by atoms with Gasteiger partial charge in [-0.2, -0.15) is 10.2 Å². The number of anilines is 1. The molecule has 2 aromatic rings. The summed E-state index contributed by atoms with van der Waals surface area (Å²) in [4.78, 5) is 12.1. The molecule has 1 heterocycles. The molecule has 0 fully saturated rings. The second-order valence-corrected chi connectivity index (χ2v) is 4.12. The molecule has 0 unspecified atom stereocenters. The zero-order valence-electron chi connectivity index (χ0n) is 11.2. The number of ether oxygens (including phenoxy) is 1. The summed E-state index contributed by atoms with van der Waals surface area (Å²) in [5, 5.41) is 10.4. The van der Waals surface area contributed by atoms with E-state index in [2.05, 4.69) is 15.5 Å². The molecule has 0 aliphatic carbocycles. The third-order valence-electron chi connectivity index (χ3n) is 2.56. The minimum atomic E-state index is -0.232. The zero-order chi connectivity index (χ0) is 14.4. The molecule has 6 heteroatoms. The third-order valence-corrected chi connectivity index (χ3v) is 2.56. The molecule has 2 rings (SSSR count). The first-order chi connectivity index (χ1) is 9.69. The van der Waals surface area contributed by atoms with Crippen LogP contribution < -0.4 is 15.8 Å². The lowest BCUT2D eigenvalue weighted by Crippen LogP contribution is -2.23. The first kappa shape index (κ1) is 13.8. The molecule has 6 nitrogen and oxygen atoms in total. The molecule has 0 aliphatic heterocycles. The van der Waals surface area contributed by atoms with Crippen LogP contribution in [-0.2, 0) is 6.54 Å². The van der Waals surface area contributed by atoms with E-state index in [1.807, 2.05) is 6.92 Å². The van der Waals surface area contributed by atoms with Crippen molar-refractivity contribution in [2.45, 2.75) is 13.5 Å². The van der Waals surface area contributed by atoms with Crippen molar-refractivity contribution in [3.05, 3.63) is 47.8 Å². The number of rotatable bonds is 5. The molecule has 0 bridgehead atoms. The number of carbonyl (C=O) groups is 1. The number of nitrogen functional groups attached to an aromatic ring is 1. The zero-order valence-corrected chi connectivity index (χ0v) is 11.2. The number of nitrogens with zero attached hydrogens (tertiary/aromatic N) is 2. The fourth-order valence-electron chi connectivity index (χ4n) is 1.70. The van der Waals surface area contributed by atoms with E-state index >= 15 is 0 Å². The minimum absolute atomic E-state index is 0.232. The number of hydrogen-bond acceptors (Lipinski definition) is 5. The van der Waals surface area contributed by atoms with Crippen molar-refractivity contribution in [1.29, 1.82) is 0 Å². The summed E-state index contributed by atoms with van der Waals surface area (Å²) in [6.45, 7) is 2.70. The van der Waals surface area contributed by atoms with E-state index in [9.17, 15) is 4.79 Å². The fourth-order valence-corrected chi connectivity index (χ4v) is 1.70. The molecule has 20 heavy (non-hydrogen) atoms. The number of nitrogens with one attached hydrogen (secondary N) is 1. The normalized spacial score (nSPS) is 10.1. The van der Waals surface area contributed by atoms with E-state index in [0.29, 0.717) is 35.8 Å². The lowest BCUT2D eigenvalue weighted by atomic mass is 10.1. The Morgan fingerprint density at radius 3 is 2.95 bits per heavy atom. The van der Waals surface area contributed by atoms with E-state index in [-0.39, 0.29) is 5.91 Å². The Kier molecular flexibility index (Phi) is 4.49. The van der Waals surface area contributed by atoms with E-state index in [1.165, 1.54) is 0 Å². The van der Waals surface area contributed by atoms with Gasteiger partial charge in [-0.3, -0.25) is 4.79 Å². The van der Waals surface area contributed by atoms with Crippen molar-refractivity contribution < 1.29 is 9.53 Å². The highest BCUT2D eigenvalue weighted by Gasteiger charge is 2.08. The maximum absolute atomic E-state index is 12.1. The third kappa shape index (κ3) is 3.68. The van der Waals surface area contributed by atoms with Crippen LogP contribution in [0.1, 0.15) is 23.0 Å². The number of benzene rings is 1. The standard InChI is InChI=1S/C14H16N4O2/c1-2-20-13-7-10(6-11(15)8-13)14(19)16-9-12-4-3-5-17-18-12/h3-8H,2,9,15H2,1H3,(H,16,19). The summed E-state index contributed by atoms with van der Waals surface area (Å²) >= 11 is 0. The lowest BCUT2D eigenvalue weighted by molar-refractivity contribution is 0.0950. The molecule has 0 saturated carbocycles. The fraction of sp³-hybridized carbons (Fsp3) is 0.214. The number of amides is 1.